The Hall–Kier alpha value is -2.47. The Labute approximate surface area is 140 Å². The third-order valence-electron chi connectivity index (χ3n) is 3.30. The summed E-state index contributed by atoms with van der Waals surface area (Å²) in [5.74, 6) is 0.203. The van der Waals surface area contributed by atoms with Crippen LogP contribution in [-0.4, -0.2) is 15.3 Å². The fraction of sp³-hybridized carbons (Fsp3) is 0.118. The van der Waals surface area contributed by atoms with Crippen molar-refractivity contribution in [1.29, 1.82) is 0 Å². The fourth-order valence-corrected chi connectivity index (χ4v) is 2.53. The van der Waals surface area contributed by atoms with Gasteiger partial charge in [0.05, 0.1) is 6.54 Å². The van der Waals surface area contributed by atoms with Crippen molar-refractivity contribution in [3.63, 3.8) is 0 Å². The second-order valence-electron chi connectivity index (χ2n) is 5.03. The molecule has 0 saturated heterocycles. The molecular weight excluding hydrogens is 360 g/mol. The van der Waals surface area contributed by atoms with Crippen LogP contribution in [0.5, 0.6) is 0 Å². The number of pyridine rings is 1. The van der Waals surface area contributed by atoms with E-state index in [1.165, 1.54) is 16.9 Å². The van der Waals surface area contributed by atoms with Gasteiger partial charge in [-0.05, 0) is 27.6 Å². The molecule has 0 fully saturated rings. The largest absolute Gasteiger partial charge is 0.448 e. The summed E-state index contributed by atoms with van der Waals surface area (Å²) in [6.45, 7) is -0.0738. The zero-order valence-electron chi connectivity index (χ0n) is 12.1. The highest BCUT2D eigenvalue weighted by atomic mass is 79.9. The molecule has 0 spiro atoms. The predicted octanol–water partition coefficient (Wildman–Crippen LogP) is 3.07. The molecule has 3 aromatic rings. The van der Waals surface area contributed by atoms with Gasteiger partial charge in [0.1, 0.15) is 12.0 Å². The van der Waals surface area contributed by atoms with Crippen LogP contribution in [0.1, 0.15) is 21.9 Å². The molecule has 6 heteroatoms. The third-order valence-corrected chi connectivity index (χ3v) is 3.77. The molecule has 23 heavy (non-hydrogen) atoms. The molecule has 0 aliphatic heterocycles. The van der Waals surface area contributed by atoms with E-state index in [0.29, 0.717) is 12.3 Å². The first-order valence-electron chi connectivity index (χ1n) is 6.99. The molecule has 0 aliphatic rings. The number of nitrogens with zero attached hydrogens (tertiary/aromatic N) is 2. The smallest absolute Gasteiger partial charge is 0.251 e. The molecule has 116 valence electrons. The van der Waals surface area contributed by atoms with Crippen molar-refractivity contribution in [1.82, 2.24) is 9.55 Å². The summed E-state index contributed by atoms with van der Waals surface area (Å²) in [7, 11) is 0. The summed E-state index contributed by atoms with van der Waals surface area (Å²) in [5, 5.41) is 0. The van der Waals surface area contributed by atoms with E-state index in [0.717, 1.165) is 10.0 Å². The van der Waals surface area contributed by atoms with Gasteiger partial charge in [0.2, 0.25) is 5.78 Å². The molecule has 0 radical (unpaired) electrons. The van der Waals surface area contributed by atoms with Crippen molar-refractivity contribution in [3.05, 3.63) is 86.9 Å². The Morgan fingerprint density at radius 2 is 1.96 bits per heavy atom. The molecule has 0 atom stereocenters. The molecule has 0 amide bonds. The first-order valence-corrected chi connectivity index (χ1v) is 7.78. The van der Waals surface area contributed by atoms with Crippen LogP contribution in [0.4, 0.5) is 0 Å². The molecule has 3 rings (SSSR count). The van der Waals surface area contributed by atoms with Gasteiger partial charge in [-0.2, -0.15) is 0 Å². The Morgan fingerprint density at radius 3 is 2.74 bits per heavy atom. The van der Waals surface area contributed by atoms with Crippen molar-refractivity contribution in [2.24, 2.45) is 0 Å². The van der Waals surface area contributed by atoms with Gasteiger partial charge in [-0.15, -0.1) is 0 Å². The lowest BCUT2D eigenvalue weighted by molar-refractivity contribution is 0.0966. The number of oxazole rings is 1. The Bertz CT molecular complexity index is 884. The second-order valence-corrected chi connectivity index (χ2v) is 5.94. The number of carbonyl (C=O) groups is 1. The minimum atomic E-state index is -0.270. The summed E-state index contributed by atoms with van der Waals surface area (Å²) >= 11 is 3.28. The molecular formula is C17H13BrN2O3. The monoisotopic (exact) mass is 372 g/mol. The van der Waals surface area contributed by atoms with E-state index >= 15 is 0 Å². The van der Waals surface area contributed by atoms with E-state index in [2.05, 4.69) is 20.9 Å². The number of benzene rings is 1. The summed E-state index contributed by atoms with van der Waals surface area (Å²) in [4.78, 5) is 28.2. The van der Waals surface area contributed by atoms with Gasteiger partial charge in [-0.3, -0.25) is 9.59 Å². The molecule has 1 aromatic carbocycles. The van der Waals surface area contributed by atoms with Crippen LogP contribution < -0.4 is 5.56 Å². The summed E-state index contributed by atoms with van der Waals surface area (Å²) in [6.07, 6.45) is 3.43. The maximum Gasteiger partial charge on any atom is 0.251 e. The Kier molecular flexibility index (Phi) is 4.52. The van der Waals surface area contributed by atoms with Crippen molar-refractivity contribution < 1.29 is 9.21 Å². The van der Waals surface area contributed by atoms with E-state index in [4.69, 9.17) is 4.42 Å². The maximum absolute atomic E-state index is 12.2. The van der Waals surface area contributed by atoms with Crippen molar-refractivity contribution in [2.45, 2.75) is 13.0 Å². The lowest BCUT2D eigenvalue weighted by Gasteiger charge is -2.03. The minimum absolute atomic E-state index is 0.0738. The van der Waals surface area contributed by atoms with E-state index in [1.807, 2.05) is 30.3 Å². The van der Waals surface area contributed by atoms with Crippen LogP contribution in [0.3, 0.4) is 0 Å². The SMILES string of the molecule is O=C(Cn1cc(Br)ccc1=O)c1coc(Cc2ccccc2)n1. The molecule has 0 unspecified atom stereocenters. The number of aromatic nitrogens is 2. The quantitative estimate of drug-likeness (QED) is 0.645. The number of Topliss-reactive ketones (excluding diaryl/α,β-unsaturated/α-hetero) is 1. The minimum Gasteiger partial charge on any atom is -0.448 e. The number of carbonyl (C=O) groups excluding carboxylic acids is 1. The molecule has 0 N–H and O–H groups in total. The lowest BCUT2D eigenvalue weighted by Crippen LogP contribution is -2.23. The number of halogens is 1. The summed E-state index contributed by atoms with van der Waals surface area (Å²) in [5.41, 5.74) is 1.04. The van der Waals surface area contributed by atoms with Crippen LogP contribution in [-0.2, 0) is 13.0 Å². The normalized spacial score (nSPS) is 10.7. The van der Waals surface area contributed by atoms with E-state index in [9.17, 15) is 9.59 Å². The van der Waals surface area contributed by atoms with Gasteiger partial charge >= 0.3 is 0 Å². The standard InChI is InChI=1S/C17H13BrN2O3/c18-13-6-7-17(22)20(9-13)10-15(21)14-11-23-16(19-14)8-12-4-2-1-3-5-12/h1-7,9,11H,8,10H2. The Balaban J connectivity index is 1.73. The number of ketones is 1. The van der Waals surface area contributed by atoms with Gasteiger partial charge in [0, 0.05) is 23.2 Å². The number of rotatable bonds is 5. The average molecular weight is 373 g/mol. The molecule has 0 bridgehead atoms. The second kappa shape index (κ2) is 6.75. The van der Waals surface area contributed by atoms with Gasteiger partial charge in [0.15, 0.2) is 5.89 Å². The van der Waals surface area contributed by atoms with Crippen molar-refractivity contribution >= 4 is 21.7 Å². The highest BCUT2D eigenvalue weighted by Crippen LogP contribution is 2.11. The van der Waals surface area contributed by atoms with Gasteiger partial charge < -0.3 is 8.98 Å². The number of hydrogen-bond donors (Lipinski definition) is 0. The van der Waals surface area contributed by atoms with E-state index in [-0.39, 0.29) is 23.6 Å². The maximum atomic E-state index is 12.2. The average Bonchev–Trinajstić information content (AvgIpc) is 3.00. The van der Waals surface area contributed by atoms with Gasteiger partial charge in [0.25, 0.3) is 5.56 Å². The van der Waals surface area contributed by atoms with E-state index in [1.54, 1.807) is 12.3 Å². The van der Waals surface area contributed by atoms with Crippen LogP contribution in [0.25, 0.3) is 0 Å². The molecule has 5 nitrogen and oxygen atoms in total. The zero-order chi connectivity index (χ0) is 16.2. The van der Waals surface area contributed by atoms with Crippen LogP contribution >= 0.6 is 15.9 Å². The third kappa shape index (κ3) is 3.84. The molecule has 0 aliphatic carbocycles. The van der Waals surface area contributed by atoms with Crippen molar-refractivity contribution in [3.8, 4) is 0 Å². The lowest BCUT2D eigenvalue weighted by atomic mass is 10.1. The first-order chi connectivity index (χ1) is 11.1. The molecule has 0 saturated carbocycles. The summed E-state index contributed by atoms with van der Waals surface area (Å²) < 4.78 is 7.42. The zero-order valence-corrected chi connectivity index (χ0v) is 13.7. The molecule has 2 heterocycles. The highest BCUT2D eigenvalue weighted by molar-refractivity contribution is 9.10. The van der Waals surface area contributed by atoms with Gasteiger partial charge in [-0.1, -0.05) is 30.3 Å². The van der Waals surface area contributed by atoms with Crippen LogP contribution in [0.15, 0.2) is 68.6 Å². The number of hydrogen-bond acceptors (Lipinski definition) is 4. The topological polar surface area (TPSA) is 65.1 Å². The highest BCUT2D eigenvalue weighted by Gasteiger charge is 2.14. The van der Waals surface area contributed by atoms with Crippen LogP contribution in [0.2, 0.25) is 0 Å². The van der Waals surface area contributed by atoms with Crippen molar-refractivity contribution in [2.75, 3.05) is 0 Å². The van der Waals surface area contributed by atoms with E-state index < -0.39 is 0 Å². The van der Waals surface area contributed by atoms with Crippen LogP contribution in [0, 0.1) is 0 Å². The predicted molar refractivity (Wildman–Crippen MR) is 88.5 cm³/mol. The fourth-order valence-electron chi connectivity index (χ4n) is 2.15. The summed E-state index contributed by atoms with van der Waals surface area (Å²) in [6, 6.07) is 12.8. The molecule has 2 aromatic heterocycles. The first kappa shape index (κ1) is 15.4. The van der Waals surface area contributed by atoms with Gasteiger partial charge in [-0.25, -0.2) is 4.98 Å². The Morgan fingerprint density at radius 1 is 1.17 bits per heavy atom.